The number of carbonyl (C=O) groups is 1. The largest absolute Gasteiger partial charge is 0.330 e. The predicted molar refractivity (Wildman–Crippen MR) is 91.1 cm³/mol. The first-order valence-corrected chi connectivity index (χ1v) is 7.81. The van der Waals surface area contributed by atoms with Gasteiger partial charge in [0.15, 0.2) is 6.04 Å². The molecule has 0 heterocycles. The average molecular weight is 318 g/mol. The van der Waals surface area contributed by atoms with E-state index in [1.807, 2.05) is 67.7 Å². The van der Waals surface area contributed by atoms with Gasteiger partial charge in [-0.05, 0) is 50.6 Å². The summed E-state index contributed by atoms with van der Waals surface area (Å²) in [7, 11) is 0. The second kappa shape index (κ2) is 7.43. The molecule has 4 heteroatoms. The Morgan fingerprint density at radius 3 is 2.45 bits per heavy atom. The molecule has 2 aromatic carbocycles. The smallest absolute Gasteiger partial charge is 0.282 e. The van der Waals surface area contributed by atoms with Crippen molar-refractivity contribution in [1.82, 2.24) is 0 Å². The molecule has 22 heavy (non-hydrogen) atoms. The minimum atomic E-state index is -0.175. The van der Waals surface area contributed by atoms with Crippen LogP contribution in [0.4, 0.5) is 5.69 Å². The molecule has 0 bridgehead atoms. The Bertz CT molecular complexity index is 640. The summed E-state index contributed by atoms with van der Waals surface area (Å²) in [5.41, 5.74) is 3.12. The number of nitrogens with one attached hydrogen (secondary N) is 1. The number of carbonyl (C=O) groups excluding carboxylic acids is 1. The molecule has 0 aliphatic rings. The van der Waals surface area contributed by atoms with Gasteiger partial charge in [0.2, 0.25) is 0 Å². The predicted octanol–water partition coefficient (Wildman–Crippen LogP) is 3.30. The molecule has 0 aliphatic heterocycles. The molecular formula is C18H22ClN2O+. The molecule has 1 amide bonds. The topological polar surface area (TPSA) is 45.7 Å². The Balaban J connectivity index is 1.94. The van der Waals surface area contributed by atoms with E-state index in [0.29, 0.717) is 0 Å². The number of amides is 1. The van der Waals surface area contributed by atoms with Gasteiger partial charge < -0.3 is 10.6 Å². The fourth-order valence-corrected chi connectivity index (χ4v) is 2.50. The summed E-state index contributed by atoms with van der Waals surface area (Å²) in [6, 6.07) is 15.6. The second-order valence-electron chi connectivity index (χ2n) is 5.68. The van der Waals surface area contributed by atoms with Crippen molar-refractivity contribution in [2.75, 3.05) is 5.32 Å². The van der Waals surface area contributed by atoms with Gasteiger partial charge in [0, 0.05) is 16.3 Å². The van der Waals surface area contributed by atoms with Gasteiger partial charge in [-0.1, -0.05) is 35.9 Å². The number of nitrogens with two attached hydrogens (primary N) is 1. The summed E-state index contributed by atoms with van der Waals surface area (Å²) in [6.07, 6.45) is 0. The van der Waals surface area contributed by atoms with Crippen LogP contribution in [0, 0.1) is 6.92 Å². The van der Waals surface area contributed by atoms with Crippen molar-refractivity contribution in [3.05, 3.63) is 64.7 Å². The number of aryl methyl sites for hydroxylation is 1. The Kier molecular flexibility index (Phi) is 5.58. The molecule has 0 unspecified atom stereocenters. The van der Waals surface area contributed by atoms with E-state index in [4.69, 9.17) is 11.6 Å². The maximum atomic E-state index is 12.3. The van der Waals surface area contributed by atoms with Crippen LogP contribution >= 0.6 is 11.6 Å². The van der Waals surface area contributed by atoms with Crippen molar-refractivity contribution < 1.29 is 10.1 Å². The molecule has 0 spiro atoms. The number of rotatable bonds is 5. The molecule has 2 rings (SSSR count). The highest BCUT2D eigenvalue weighted by atomic mass is 35.5. The third kappa shape index (κ3) is 4.58. The van der Waals surface area contributed by atoms with Gasteiger partial charge in [0.05, 0.1) is 0 Å². The van der Waals surface area contributed by atoms with Crippen LogP contribution in [0.1, 0.15) is 31.0 Å². The van der Waals surface area contributed by atoms with Crippen molar-refractivity contribution in [1.29, 1.82) is 0 Å². The van der Waals surface area contributed by atoms with E-state index in [-0.39, 0.29) is 18.0 Å². The van der Waals surface area contributed by atoms with Crippen LogP contribution in [0.25, 0.3) is 0 Å². The zero-order valence-corrected chi connectivity index (χ0v) is 13.9. The highest BCUT2D eigenvalue weighted by Gasteiger charge is 2.20. The van der Waals surface area contributed by atoms with Crippen LogP contribution in [0.2, 0.25) is 5.02 Å². The van der Waals surface area contributed by atoms with E-state index in [0.717, 1.165) is 21.8 Å². The van der Waals surface area contributed by atoms with Crippen molar-refractivity contribution >= 4 is 23.2 Å². The maximum absolute atomic E-state index is 12.3. The number of hydrogen-bond donors (Lipinski definition) is 2. The van der Waals surface area contributed by atoms with Gasteiger partial charge >= 0.3 is 0 Å². The summed E-state index contributed by atoms with van der Waals surface area (Å²) < 4.78 is 0. The van der Waals surface area contributed by atoms with E-state index in [1.165, 1.54) is 0 Å². The van der Waals surface area contributed by atoms with Crippen LogP contribution in [-0.4, -0.2) is 11.9 Å². The number of halogens is 1. The molecule has 2 atom stereocenters. The van der Waals surface area contributed by atoms with Crippen LogP contribution in [0.15, 0.2) is 48.5 Å². The lowest BCUT2D eigenvalue weighted by molar-refractivity contribution is -0.709. The van der Waals surface area contributed by atoms with Crippen LogP contribution in [0.3, 0.4) is 0 Å². The lowest BCUT2D eigenvalue weighted by Gasteiger charge is -2.17. The second-order valence-corrected chi connectivity index (χ2v) is 6.12. The standard InChI is InChI=1S/C18H21ClN2O/c1-12-5-4-6-17(11-12)21-18(22)14(3)20-13(2)15-7-9-16(19)10-8-15/h4-11,13-14,20H,1-3H3,(H,21,22)/p+1/t13-,14-/m0/s1. The lowest BCUT2D eigenvalue weighted by atomic mass is 10.1. The van der Waals surface area contributed by atoms with Crippen molar-refractivity contribution in [3.63, 3.8) is 0 Å². The van der Waals surface area contributed by atoms with Gasteiger partial charge in [-0.3, -0.25) is 4.79 Å². The fourth-order valence-electron chi connectivity index (χ4n) is 2.38. The molecule has 3 N–H and O–H groups in total. The van der Waals surface area contributed by atoms with Gasteiger partial charge in [0.1, 0.15) is 6.04 Å². The minimum Gasteiger partial charge on any atom is -0.330 e. The monoisotopic (exact) mass is 317 g/mol. The SMILES string of the molecule is Cc1cccc(NC(=O)[C@H](C)[NH2+][C@@H](C)c2ccc(Cl)cc2)c1. The Morgan fingerprint density at radius 2 is 1.82 bits per heavy atom. The third-order valence-electron chi connectivity index (χ3n) is 3.67. The molecule has 3 nitrogen and oxygen atoms in total. The Hall–Kier alpha value is -1.84. The molecule has 2 aromatic rings. The number of anilines is 1. The quantitative estimate of drug-likeness (QED) is 0.873. The maximum Gasteiger partial charge on any atom is 0.282 e. The number of hydrogen-bond acceptors (Lipinski definition) is 1. The van der Waals surface area contributed by atoms with E-state index >= 15 is 0 Å². The van der Waals surface area contributed by atoms with E-state index in [9.17, 15) is 4.79 Å². The zero-order valence-electron chi connectivity index (χ0n) is 13.1. The van der Waals surface area contributed by atoms with Gasteiger partial charge in [-0.2, -0.15) is 0 Å². The van der Waals surface area contributed by atoms with Crippen molar-refractivity contribution in [2.24, 2.45) is 0 Å². The van der Waals surface area contributed by atoms with Gasteiger partial charge in [-0.15, -0.1) is 0 Å². The molecular weight excluding hydrogens is 296 g/mol. The summed E-state index contributed by atoms with van der Waals surface area (Å²) >= 11 is 5.90. The van der Waals surface area contributed by atoms with E-state index in [1.54, 1.807) is 0 Å². The first-order valence-electron chi connectivity index (χ1n) is 7.43. The fraction of sp³-hybridized carbons (Fsp3) is 0.278. The van der Waals surface area contributed by atoms with Crippen molar-refractivity contribution in [3.8, 4) is 0 Å². The normalized spacial score (nSPS) is 13.5. The van der Waals surface area contributed by atoms with E-state index in [2.05, 4.69) is 12.2 Å². The summed E-state index contributed by atoms with van der Waals surface area (Å²) in [5.74, 6) is 0.00594. The molecule has 116 valence electrons. The summed E-state index contributed by atoms with van der Waals surface area (Å²) in [4.78, 5) is 12.3. The molecule has 0 saturated heterocycles. The molecule has 0 aromatic heterocycles. The molecule has 0 aliphatic carbocycles. The molecule has 0 fully saturated rings. The molecule has 0 radical (unpaired) electrons. The van der Waals surface area contributed by atoms with Crippen molar-refractivity contribution in [2.45, 2.75) is 32.9 Å². The highest BCUT2D eigenvalue weighted by molar-refractivity contribution is 6.30. The first kappa shape index (κ1) is 16.5. The highest BCUT2D eigenvalue weighted by Crippen LogP contribution is 2.14. The Labute approximate surface area is 136 Å². The summed E-state index contributed by atoms with van der Waals surface area (Å²) in [6.45, 7) is 6.01. The summed E-state index contributed by atoms with van der Waals surface area (Å²) in [5, 5.41) is 5.73. The minimum absolute atomic E-state index is 0.00594. The van der Waals surface area contributed by atoms with Gasteiger partial charge in [-0.25, -0.2) is 0 Å². The van der Waals surface area contributed by atoms with Crippen LogP contribution < -0.4 is 10.6 Å². The average Bonchev–Trinajstić information content (AvgIpc) is 2.47. The Morgan fingerprint density at radius 1 is 1.14 bits per heavy atom. The zero-order chi connectivity index (χ0) is 16.1. The lowest BCUT2D eigenvalue weighted by Crippen LogP contribution is -2.91. The number of quaternary nitrogens is 1. The van der Waals surface area contributed by atoms with Gasteiger partial charge in [0.25, 0.3) is 5.91 Å². The molecule has 0 saturated carbocycles. The van der Waals surface area contributed by atoms with Crippen LogP contribution in [-0.2, 0) is 4.79 Å². The number of benzene rings is 2. The third-order valence-corrected chi connectivity index (χ3v) is 3.92. The van der Waals surface area contributed by atoms with Crippen LogP contribution in [0.5, 0.6) is 0 Å². The van der Waals surface area contributed by atoms with E-state index < -0.39 is 0 Å². The first-order chi connectivity index (χ1) is 10.5.